The van der Waals surface area contributed by atoms with Gasteiger partial charge in [0.1, 0.15) is 16.7 Å². The number of nitrogens with zero attached hydrogens (tertiary/aromatic N) is 2. The van der Waals surface area contributed by atoms with Crippen molar-refractivity contribution in [2.75, 3.05) is 9.71 Å². The van der Waals surface area contributed by atoms with Crippen LogP contribution in [-0.2, 0) is 16.2 Å². The van der Waals surface area contributed by atoms with Crippen molar-refractivity contribution >= 4 is 90.1 Å². The van der Waals surface area contributed by atoms with Crippen LogP contribution in [0.1, 0.15) is 76.6 Å². The van der Waals surface area contributed by atoms with Gasteiger partial charge in [0.25, 0.3) is 0 Å². The van der Waals surface area contributed by atoms with Gasteiger partial charge in [-0.3, -0.25) is 0 Å². The first-order chi connectivity index (χ1) is 28.0. The third-order valence-electron chi connectivity index (χ3n) is 14.7. The molecule has 0 bridgehead atoms. The van der Waals surface area contributed by atoms with Crippen LogP contribution in [-0.4, -0.2) is 6.85 Å². The molecule has 280 valence electrons. The number of rotatable bonds is 1. The van der Waals surface area contributed by atoms with Crippen molar-refractivity contribution in [3.8, 4) is 11.1 Å². The van der Waals surface area contributed by atoms with Crippen molar-refractivity contribution in [1.29, 1.82) is 0 Å². The lowest BCUT2D eigenvalue weighted by molar-refractivity contribution is 0.332. The van der Waals surface area contributed by atoms with Crippen LogP contribution in [0, 0.1) is 0 Å². The fourth-order valence-electron chi connectivity index (χ4n) is 11.6. The van der Waals surface area contributed by atoms with Crippen LogP contribution in [0.15, 0.2) is 136 Å². The van der Waals surface area contributed by atoms with Crippen molar-refractivity contribution in [2.24, 2.45) is 0 Å². The quantitative estimate of drug-likeness (QED) is 0.156. The monoisotopic (exact) mass is 750 g/mol. The first kappa shape index (κ1) is 32.8. The zero-order valence-electron chi connectivity index (χ0n) is 33.8. The smallest absolute Gasteiger partial charge is 0.333 e. The fourth-order valence-corrected chi connectivity index (χ4v) is 11.6. The number of anilines is 5. The SMILES string of the molecule is CC1(C)CCC(C)(C)c2cc(N3B4c5cccc6c5N(c5ccccc5C6(C)C)c5c4c(cc4c5oc5ccccc54)-c4c3ccc3c4oc4ccccc43)ccc21. The lowest BCUT2D eigenvalue weighted by atomic mass is 9.42. The molecular weight excluding hydrogens is 707 g/mol. The van der Waals surface area contributed by atoms with E-state index in [4.69, 9.17) is 8.83 Å². The van der Waals surface area contributed by atoms with Gasteiger partial charge in [0.15, 0.2) is 5.58 Å². The second-order valence-corrected chi connectivity index (χ2v) is 19.1. The Bertz CT molecular complexity index is 3310. The van der Waals surface area contributed by atoms with Gasteiger partial charge in [-0.25, -0.2) is 0 Å². The van der Waals surface area contributed by atoms with Gasteiger partial charge in [0.2, 0.25) is 0 Å². The molecule has 5 heteroatoms. The molecule has 0 atom stereocenters. The number of para-hydroxylation sites is 4. The summed E-state index contributed by atoms with van der Waals surface area (Å²) in [6.45, 7) is 14.3. The number of furan rings is 2. The van der Waals surface area contributed by atoms with Gasteiger partial charge in [0, 0.05) is 49.6 Å². The van der Waals surface area contributed by atoms with Gasteiger partial charge in [-0.15, -0.1) is 0 Å². The van der Waals surface area contributed by atoms with Crippen LogP contribution in [0.2, 0.25) is 0 Å². The van der Waals surface area contributed by atoms with Crippen LogP contribution in [0.25, 0.3) is 55.0 Å². The Labute approximate surface area is 338 Å². The Balaban J connectivity index is 1.24. The van der Waals surface area contributed by atoms with Gasteiger partial charge in [-0.1, -0.05) is 120 Å². The summed E-state index contributed by atoms with van der Waals surface area (Å²) < 4.78 is 14.1. The summed E-state index contributed by atoms with van der Waals surface area (Å²) >= 11 is 0. The minimum atomic E-state index is -0.222. The largest absolute Gasteiger partial charge is 0.455 e. The molecule has 1 aliphatic carbocycles. The Kier molecular flexibility index (Phi) is 6.03. The van der Waals surface area contributed by atoms with Crippen molar-refractivity contribution in [3.63, 3.8) is 0 Å². The summed E-state index contributed by atoms with van der Waals surface area (Å²) in [5.41, 5.74) is 20.0. The normalized spacial score (nSPS) is 17.7. The Morgan fingerprint density at radius 1 is 0.517 bits per heavy atom. The molecule has 0 fully saturated rings. The Hall–Kier alpha value is -6.20. The molecule has 0 amide bonds. The minimum absolute atomic E-state index is 0.0503. The van der Waals surface area contributed by atoms with E-state index in [-0.39, 0.29) is 23.1 Å². The highest BCUT2D eigenvalue weighted by Gasteiger charge is 2.51. The molecule has 0 radical (unpaired) electrons. The van der Waals surface area contributed by atoms with E-state index in [1.165, 1.54) is 62.2 Å². The highest BCUT2D eigenvalue weighted by molar-refractivity contribution is 6.94. The van der Waals surface area contributed by atoms with Crippen LogP contribution < -0.4 is 20.6 Å². The van der Waals surface area contributed by atoms with E-state index in [0.717, 1.165) is 67.2 Å². The Morgan fingerprint density at radius 2 is 1.19 bits per heavy atom. The van der Waals surface area contributed by atoms with Crippen molar-refractivity contribution < 1.29 is 8.83 Å². The van der Waals surface area contributed by atoms with E-state index < -0.39 is 0 Å². The van der Waals surface area contributed by atoms with Crippen molar-refractivity contribution in [3.05, 3.63) is 150 Å². The molecule has 5 heterocycles. The van der Waals surface area contributed by atoms with E-state index in [2.05, 4.69) is 179 Å². The van der Waals surface area contributed by atoms with Crippen LogP contribution in [0.3, 0.4) is 0 Å². The number of hydrogen-bond acceptors (Lipinski definition) is 4. The van der Waals surface area contributed by atoms with E-state index in [1.807, 2.05) is 0 Å². The molecule has 0 saturated heterocycles. The molecule has 0 unspecified atom stereocenters. The predicted octanol–water partition coefficient (Wildman–Crippen LogP) is 13.2. The van der Waals surface area contributed by atoms with E-state index >= 15 is 0 Å². The molecular formula is C53H43BN2O2. The lowest BCUT2D eigenvalue weighted by Crippen LogP contribution is -2.62. The van der Waals surface area contributed by atoms with Crippen LogP contribution in [0.5, 0.6) is 0 Å². The maximum Gasteiger partial charge on any atom is 0.333 e. The summed E-state index contributed by atoms with van der Waals surface area (Å²) in [6.07, 6.45) is 2.34. The summed E-state index contributed by atoms with van der Waals surface area (Å²) in [6, 6.07) is 47.5. The summed E-state index contributed by atoms with van der Waals surface area (Å²) in [7, 11) is 0. The highest BCUT2D eigenvalue weighted by Crippen LogP contribution is 2.58. The van der Waals surface area contributed by atoms with Gasteiger partial charge in [0.05, 0.1) is 11.4 Å². The molecule has 13 rings (SSSR count). The maximum atomic E-state index is 7.11. The molecule has 9 aromatic rings. The zero-order valence-corrected chi connectivity index (χ0v) is 33.8. The van der Waals surface area contributed by atoms with Gasteiger partial charge in [-0.2, -0.15) is 0 Å². The maximum absolute atomic E-state index is 7.11. The molecule has 0 N–H and O–H groups in total. The third kappa shape index (κ3) is 3.93. The van der Waals surface area contributed by atoms with Gasteiger partial charge in [-0.05, 0) is 111 Å². The highest BCUT2D eigenvalue weighted by atomic mass is 16.3. The first-order valence-corrected chi connectivity index (χ1v) is 20.9. The second kappa shape index (κ2) is 10.6. The van der Waals surface area contributed by atoms with Gasteiger partial charge < -0.3 is 18.5 Å². The summed E-state index contributed by atoms with van der Waals surface area (Å²) in [4.78, 5) is 5.21. The summed E-state index contributed by atoms with van der Waals surface area (Å²) in [5, 5.41) is 4.52. The number of fused-ring (bicyclic) bond motifs is 15. The zero-order chi connectivity index (χ0) is 39.0. The molecule has 0 spiro atoms. The molecule has 4 nitrogen and oxygen atoms in total. The van der Waals surface area contributed by atoms with Crippen LogP contribution in [0.4, 0.5) is 28.4 Å². The molecule has 0 saturated carbocycles. The predicted molar refractivity (Wildman–Crippen MR) is 242 cm³/mol. The van der Waals surface area contributed by atoms with Crippen molar-refractivity contribution in [1.82, 2.24) is 0 Å². The van der Waals surface area contributed by atoms with E-state index in [9.17, 15) is 0 Å². The van der Waals surface area contributed by atoms with E-state index in [0.29, 0.717) is 0 Å². The van der Waals surface area contributed by atoms with E-state index in [1.54, 1.807) is 0 Å². The molecule has 4 aliphatic rings. The average Bonchev–Trinajstić information content (AvgIpc) is 3.80. The topological polar surface area (TPSA) is 32.8 Å². The first-order valence-electron chi connectivity index (χ1n) is 20.9. The molecule has 58 heavy (non-hydrogen) atoms. The van der Waals surface area contributed by atoms with Gasteiger partial charge >= 0.3 is 6.85 Å². The number of hydrogen-bond donors (Lipinski definition) is 0. The standard InChI is InChI=1S/C53H43BN2O2/c1-51(2)26-27-52(3,4)39-28-30(22-24-36(39)51)56-42-25-23-33-31-14-7-11-20-43(31)57-49(33)45(42)35-29-34-32-15-8-12-21-44(32)58-50(34)48-46(35)54(56)40-18-13-17-38-47(40)55(48)41-19-10-9-16-37(41)53(38,5)6/h7-25,28-29H,26-27H2,1-6H3. The summed E-state index contributed by atoms with van der Waals surface area (Å²) in [5.74, 6) is 0. The third-order valence-corrected chi connectivity index (χ3v) is 14.7. The molecule has 3 aliphatic heterocycles. The van der Waals surface area contributed by atoms with Crippen LogP contribution >= 0.6 is 0 Å². The average molecular weight is 751 g/mol. The lowest BCUT2D eigenvalue weighted by Gasteiger charge is -2.50. The molecule has 2 aromatic heterocycles. The minimum Gasteiger partial charge on any atom is -0.455 e. The Morgan fingerprint density at radius 3 is 1.98 bits per heavy atom. The van der Waals surface area contributed by atoms with Crippen molar-refractivity contribution in [2.45, 2.75) is 70.6 Å². The number of benzene rings is 7. The second-order valence-electron chi connectivity index (χ2n) is 19.1. The molecule has 7 aromatic carbocycles. The fraction of sp³-hybridized carbons (Fsp3) is 0.208.